The van der Waals surface area contributed by atoms with E-state index in [4.69, 9.17) is 23.2 Å². The molecule has 14 heavy (non-hydrogen) atoms. The van der Waals surface area contributed by atoms with Gasteiger partial charge in [-0.3, -0.25) is 0 Å². The van der Waals surface area contributed by atoms with Gasteiger partial charge < -0.3 is 5.32 Å². The van der Waals surface area contributed by atoms with Crippen molar-refractivity contribution in [3.63, 3.8) is 0 Å². The highest BCUT2D eigenvalue weighted by atomic mass is 35.5. The lowest BCUT2D eigenvalue weighted by atomic mass is 10.2. The summed E-state index contributed by atoms with van der Waals surface area (Å²) in [6, 6.07) is 5.40. The highest BCUT2D eigenvalue weighted by Crippen LogP contribution is 2.22. The van der Waals surface area contributed by atoms with Gasteiger partial charge in [-0.05, 0) is 24.6 Å². The highest BCUT2D eigenvalue weighted by Gasteiger charge is 1.97. The molecule has 3 heteroatoms. The molecule has 0 radical (unpaired) electrons. The van der Waals surface area contributed by atoms with Crippen molar-refractivity contribution in [3.05, 3.63) is 40.4 Å². The maximum Gasteiger partial charge on any atom is 0.0441 e. The topological polar surface area (TPSA) is 12.0 Å². The van der Waals surface area contributed by atoms with E-state index in [1.165, 1.54) is 0 Å². The van der Waals surface area contributed by atoms with Crippen LogP contribution in [-0.2, 0) is 0 Å². The van der Waals surface area contributed by atoms with Gasteiger partial charge in [0.2, 0.25) is 0 Å². The maximum absolute atomic E-state index is 5.85. The van der Waals surface area contributed by atoms with E-state index in [2.05, 4.69) is 18.8 Å². The zero-order valence-electron chi connectivity index (χ0n) is 8.11. The van der Waals surface area contributed by atoms with E-state index < -0.39 is 0 Å². The summed E-state index contributed by atoms with van der Waals surface area (Å²) < 4.78 is 0. The van der Waals surface area contributed by atoms with Crippen LogP contribution in [0.1, 0.15) is 13.3 Å². The van der Waals surface area contributed by atoms with Gasteiger partial charge in [0, 0.05) is 22.3 Å². The minimum atomic E-state index is 0.641. The molecule has 0 aliphatic rings. The molecule has 0 aromatic heterocycles. The van der Waals surface area contributed by atoms with Crippen molar-refractivity contribution < 1.29 is 0 Å². The van der Waals surface area contributed by atoms with Gasteiger partial charge in [-0.2, -0.15) is 0 Å². The molecule has 0 heterocycles. The summed E-state index contributed by atoms with van der Waals surface area (Å²) >= 11 is 11.7. The molecule has 1 N–H and O–H groups in total. The van der Waals surface area contributed by atoms with Crippen molar-refractivity contribution in [1.82, 2.24) is 0 Å². The summed E-state index contributed by atoms with van der Waals surface area (Å²) in [5.41, 5.74) is 2.08. The number of hydrogen-bond donors (Lipinski definition) is 1. The Morgan fingerprint density at radius 2 is 1.86 bits per heavy atom. The predicted octanol–water partition coefficient (Wildman–Crippen LogP) is 4.37. The van der Waals surface area contributed by atoms with Crippen LogP contribution in [-0.4, -0.2) is 6.54 Å². The van der Waals surface area contributed by atoms with Gasteiger partial charge in [-0.1, -0.05) is 42.3 Å². The Labute approximate surface area is 94.7 Å². The van der Waals surface area contributed by atoms with Crippen LogP contribution < -0.4 is 5.32 Å². The van der Waals surface area contributed by atoms with Gasteiger partial charge in [0.15, 0.2) is 0 Å². The van der Waals surface area contributed by atoms with Crippen molar-refractivity contribution in [2.45, 2.75) is 13.3 Å². The first-order chi connectivity index (χ1) is 6.61. The summed E-state index contributed by atoms with van der Waals surface area (Å²) in [6.45, 7) is 6.74. The quantitative estimate of drug-likeness (QED) is 0.757. The highest BCUT2D eigenvalue weighted by molar-refractivity contribution is 6.35. The van der Waals surface area contributed by atoms with E-state index in [0.29, 0.717) is 10.0 Å². The Bertz CT molecular complexity index is 314. The number of hydrogen-bond acceptors (Lipinski definition) is 1. The molecule has 0 unspecified atom stereocenters. The Hall–Kier alpha value is -0.660. The summed E-state index contributed by atoms with van der Waals surface area (Å²) in [4.78, 5) is 0. The van der Waals surface area contributed by atoms with E-state index in [-0.39, 0.29) is 0 Å². The zero-order valence-corrected chi connectivity index (χ0v) is 9.62. The van der Waals surface area contributed by atoms with Crippen molar-refractivity contribution in [2.24, 2.45) is 0 Å². The van der Waals surface area contributed by atoms with Gasteiger partial charge in [-0.15, -0.1) is 0 Å². The molecular weight excluding hydrogens is 217 g/mol. The first-order valence-corrected chi connectivity index (χ1v) is 5.24. The van der Waals surface area contributed by atoms with Crippen LogP contribution in [0.15, 0.2) is 30.4 Å². The standard InChI is InChI=1S/C11H13Cl2N/c1-3-8(2)7-14-11-5-9(12)4-10(13)6-11/h4-6,14H,2-3,7H2,1H3. The zero-order chi connectivity index (χ0) is 10.6. The van der Waals surface area contributed by atoms with Gasteiger partial charge in [0.05, 0.1) is 0 Å². The molecule has 1 aromatic carbocycles. The number of anilines is 1. The fourth-order valence-electron chi connectivity index (χ4n) is 1.01. The van der Waals surface area contributed by atoms with Crippen LogP contribution >= 0.6 is 23.2 Å². The van der Waals surface area contributed by atoms with Crippen LogP contribution in [0.2, 0.25) is 10.0 Å². The lowest BCUT2D eigenvalue weighted by Crippen LogP contribution is -2.03. The predicted molar refractivity (Wildman–Crippen MR) is 64.4 cm³/mol. The van der Waals surface area contributed by atoms with Crippen molar-refractivity contribution in [1.29, 1.82) is 0 Å². The third kappa shape index (κ3) is 3.60. The number of nitrogens with one attached hydrogen (secondary N) is 1. The molecule has 0 aliphatic heterocycles. The molecule has 1 rings (SSSR count). The first-order valence-electron chi connectivity index (χ1n) is 4.48. The number of benzene rings is 1. The molecule has 0 amide bonds. The second kappa shape index (κ2) is 5.28. The second-order valence-electron chi connectivity index (χ2n) is 3.12. The van der Waals surface area contributed by atoms with Gasteiger partial charge >= 0.3 is 0 Å². The number of halogens is 2. The first kappa shape index (κ1) is 11.4. The molecule has 0 spiro atoms. The fraction of sp³-hybridized carbons (Fsp3) is 0.273. The van der Waals surface area contributed by atoms with Gasteiger partial charge in [0.25, 0.3) is 0 Å². The molecule has 1 aromatic rings. The molecule has 0 saturated carbocycles. The second-order valence-corrected chi connectivity index (χ2v) is 3.99. The average molecular weight is 230 g/mol. The lowest BCUT2D eigenvalue weighted by Gasteiger charge is -2.08. The maximum atomic E-state index is 5.85. The Balaban J connectivity index is 2.63. The normalized spacial score (nSPS) is 9.93. The van der Waals surface area contributed by atoms with Crippen LogP contribution in [0.25, 0.3) is 0 Å². The molecule has 0 aliphatic carbocycles. The van der Waals surface area contributed by atoms with E-state index in [1.54, 1.807) is 6.07 Å². The van der Waals surface area contributed by atoms with Gasteiger partial charge in [0.1, 0.15) is 0 Å². The third-order valence-corrected chi connectivity index (χ3v) is 2.34. The van der Waals surface area contributed by atoms with Crippen LogP contribution in [0.3, 0.4) is 0 Å². The van der Waals surface area contributed by atoms with Crippen molar-refractivity contribution in [3.8, 4) is 0 Å². The van der Waals surface area contributed by atoms with Gasteiger partial charge in [-0.25, -0.2) is 0 Å². The molecule has 0 bridgehead atoms. The van der Waals surface area contributed by atoms with E-state index in [0.717, 1.165) is 24.2 Å². The smallest absolute Gasteiger partial charge is 0.0441 e. The Morgan fingerprint density at radius 1 is 1.29 bits per heavy atom. The minimum Gasteiger partial charge on any atom is -0.381 e. The van der Waals surface area contributed by atoms with E-state index in [9.17, 15) is 0 Å². The summed E-state index contributed by atoms with van der Waals surface area (Å²) in [6.07, 6.45) is 0.974. The molecular formula is C11H13Cl2N. The summed E-state index contributed by atoms with van der Waals surface area (Å²) in [5.74, 6) is 0. The molecule has 76 valence electrons. The molecule has 0 atom stereocenters. The van der Waals surface area contributed by atoms with E-state index >= 15 is 0 Å². The fourth-order valence-corrected chi connectivity index (χ4v) is 1.53. The summed E-state index contributed by atoms with van der Waals surface area (Å²) in [5, 5.41) is 4.49. The monoisotopic (exact) mass is 229 g/mol. The minimum absolute atomic E-state index is 0.641. The summed E-state index contributed by atoms with van der Waals surface area (Å²) in [7, 11) is 0. The molecule has 0 saturated heterocycles. The molecule has 0 fully saturated rings. The lowest BCUT2D eigenvalue weighted by molar-refractivity contribution is 1.05. The van der Waals surface area contributed by atoms with E-state index in [1.807, 2.05) is 12.1 Å². The largest absolute Gasteiger partial charge is 0.381 e. The van der Waals surface area contributed by atoms with Crippen molar-refractivity contribution >= 4 is 28.9 Å². The van der Waals surface area contributed by atoms with Crippen LogP contribution in [0.5, 0.6) is 0 Å². The Kier molecular flexibility index (Phi) is 4.30. The molecule has 1 nitrogen and oxygen atoms in total. The average Bonchev–Trinajstić information content (AvgIpc) is 2.12. The third-order valence-electron chi connectivity index (χ3n) is 1.91. The number of rotatable bonds is 4. The van der Waals surface area contributed by atoms with Crippen molar-refractivity contribution in [2.75, 3.05) is 11.9 Å². The van der Waals surface area contributed by atoms with Crippen LogP contribution in [0, 0.1) is 0 Å². The van der Waals surface area contributed by atoms with Crippen LogP contribution in [0.4, 0.5) is 5.69 Å². The Morgan fingerprint density at radius 3 is 2.36 bits per heavy atom. The SMILES string of the molecule is C=C(CC)CNc1cc(Cl)cc(Cl)c1.